The highest BCUT2D eigenvalue weighted by Crippen LogP contribution is 2.29. The summed E-state index contributed by atoms with van der Waals surface area (Å²) in [5.41, 5.74) is 0. The molecule has 0 radical (unpaired) electrons. The van der Waals surface area contributed by atoms with Crippen molar-refractivity contribution in [3.63, 3.8) is 0 Å². The molecule has 0 saturated heterocycles. The summed E-state index contributed by atoms with van der Waals surface area (Å²) in [5, 5.41) is 2.31. The molecule has 0 amide bonds. The molecule has 0 aromatic carbocycles. The lowest BCUT2D eigenvalue weighted by Gasteiger charge is -2.19. The largest absolute Gasteiger partial charge is 0.128 e. The molecule has 0 nitrogen and oxygen atoms in total. The Balaban J connectivity index is 3.90. The van der Waals surface area contributed by atoms with Gasteiger partial charge in [-0.05, 0) is 30.6 Å². The van der Waals surface area contributed by atoms with E-state index in [9.17, 15) is 0 Å². The van der Waals surface area contributed by atoms with Gasteiger partial charge in [-0.3, -0.25) is 0 Å². The van der Waals surface area contributed by atoms with Gasteiger partial charge in [0.05, 0.1) is 0 Å². The minimum Gasteiger partial charge on any atom is -0.128 e. The second-order valence-electron chi connectivity index (χ2n) is 4.52. The first-order valence-electron chi connectivity index (χ1n) is 5.90. The van der Waals surface area contributed by atoms with Gasteiger partial charge in [0.1, 0.15) is 0 Å². The van der Waals surface area contributed by atoms with E-state index < -0.39 is 0 Å². The summed E-state index contributed by atoms with van der Waals surface area (Å²) in [7, 11) is 0. The van der Waals surface area contributed by atoms with E-state index in [1.165, 1.54) is 25.7 Å². The van der Waals surface area contributed by atoms with Crippen LogP contribution in [0.5, 0.6) is 0 Å². The van der Waals surface area contributed by atoms with Crippen LogP contribution in [0.3, 0.4) is 0 Å². The molecule has 0 aromatic rings. The predicted octanol–water partition coefficient (Wildman–Crippen LogP) is 5.25. The van der Waals surface area contributed by atoms with Crippen LogP contribution < -0.4 is 0 Å². The maximum absolute atomic E-state index is 2.39. The lowest BCUT2D eigenvalue weighted by atomic mass is 10.0. The monoisotopic (exact) mass is 214 g/mol. The second-order valence-corrected chi connectivity index (χ2v) is 6.13. The highest BCUT2D eigenvalue weighted by atomic mass is 32.2. The molecule has 0 N–H and O–H groups in total. The maximum atomic E-state index is 2.39. The van der Waals surface area contributed by atoms with E-state index in [2.05, 4.69) is 46.1 Å². The molecular formula is C13H26S. The quantitative estimate of drug-likeness (QED) is 0.558. The zero-order valence-electron chi connectivity index (χ0n) is 10.5. The minimum atomic E-state index is 0.404. The van der Waals surface area contributed by atoms with Crippen molar-refractivity contribution in [3.05, 3.63) is 11.5 Å². The standard InChI is InChI=1S/C13H26S/c1-6-9-12(7-2)10-11-14-13(4,5)8-3/h10-12H,6-9H2,1-5H3/b11-10-. The Morgan fingerprint density at radius 2 is 1.86 bits per heavy atom. The normalized spacial score (nSPS) is 14.9. The molecule has 0 bridgehead atoms. The summed E-state index contributed by atoms with van der Waals surface area (Å²) < 4.78 is 0.404. The third kappa shape index (κ3) is 6.53. The molecule has 0 saturated carbocycles. The van der Waals surface area contributed by atoms with Crippen LogP contribution in [0.25, 0.3) is 0 Å². The lowest BCUT2D eigenvalue weighted by molar-refractivity contribution is 0.564. The molecular weight excluding hydrogens is 188 g/mol. The van der Waals surface area contributed by atoms with E-state index in [4.69, 9.17) is 0 Å². The van der Waals surface area contributed by atoms with Gasteiger partial charge in [-0.25, -0.2) is 0 Å². The second kappa shape index (κ2) is 7.39. The molecule has 1 atom stereocenters. The summed E-state index contributed by atoms with van der Waals surface area (Å²) in [6.07, 6.45) is 7.53. The Morgan fingerprint density at radius 1 is 1.21 bits per heavy atom. The van der Waals surface area contributed by atoms with Crippen LogP contribution in [-0.2, 0) is 0 Å². The number of rotatable bonds is 7. The fourth-order valence-corrected chi connectivity index (χ4v) is 2.06. The van der Waals surface area contributed by atoms with Gasteiger partial charge in [0.15, 0.2) is 0 Å². The van der Waals surface area contributed by atoms with Gasteiger partial charge in [-0.15, -0.1) is 11.8 Å². The molecule has 0 fully saturated rings. The Labute approximate surface area is 94.6 Å². The van der Waals surface area contributed by atoms with E-state index in [0.29, 0.717) is 4.75 Å². The number of hydrogen-bond acceptors (Lipinski definition) is 1. The average Bonchev–Trinajstić information content (AvgIpc) is 2.16. The minimum absolute atomic E-state index is 0.404. The number of thioether (sulfide) groups is 1. The van der Waals surface area contributed by atoms with Gasteiger partial charge < -0.3 is 0 Å². The first-order valence-corrected chi connectivity index (χ1v) is 6.78. The van der Waals surface area contributed by atoms with Gasteiger partial charge in [0.2, 0.25) is 0 Å². The molecule has 0 rings (SSSR count). The van der Waals surface area contributed by atoms with E-state index in [1.54, 1.807) is 0 Å². The Hall–Kier alpha value is 0.0900. The van der Waals surface area contributed by atoms with Crippen LogP contribution in [0.2, 0.25) is 0 Å². The van der Waals surface area contributed by atoms with E-state index in [-0.39, 0.29) is 0 Å². The molecule has 84 valence electrons. The van der Waals surface area contributed by atoms with Crippen molar-refractivity contribution in [2.75, 3.05) is 0 Å². The van der Waals surface area contributed by atoms with E-state index in [0.717, 1.165) is 5.92 Å². The first kappa shape index (κ1) is 14.1. The molecule has 0 aliphatic rings. The third-order valence-corrected chi connectivity index (χ3v) is 3.99. The molecule has 0 spiro atoms. The number of allylic oxidation sites excluding steroid dienone is 1. The highest BCUT2D eigenvalue weighted by molar-refractivity contribution is 8.03. The van der Waals surface area contributed by atoms with Crippen molar-refractivity contribution in [2.45, 2.75) is 65.0 Å². The van der Waals surface area contributed by atoms with Gasteiger partial charge in [-0.1, -0.05) is 47.1 Å². The van der Waals surface area contributed by atoms with Gasteiger partial charge in [-0.2, -0.15) is 0 Å². The number of hydrogen-bond donors (Lipinski definition) is 0. The van der Waals surface area contributed by atoms with Gasteiger partial charge in [0.25, 0.3) is 0 Å². The molecule has 0 aromatic heterocycles. The highest BCUT2D eigenvalue weighted by Gasteiger charge is 2.13. The zero-order chi connectivity index (χ0) is 11.0. The topological polar surface area (TPSA) is 0 Å². The molecule has 14 heavy (non-hydrogen) atoms. The molecule has 1 unspecified atom stereocenters. The zero-order valence-corrected chi connectivity index (χ0v) is 11.3. The van der Waals surface area contributed by atoms with Gasteiger partial charge >= 0.3 is 0 Å². The van der Waals surface area contributed by atoms with Crippen molar-refractivity contribution in [1.29, 1.82) is 0 Å². The van der Waals surface area contributed by atoms with E-state index >= 15 is 0 Å². The fraction of sp³-hybridized carbons (Fsp3) is 0.846. The molecule has 0 heterocycles. The Bertz CT molecular complexity index is 159. The molecule has 1 heteroatoms. The van der Waals surface area contributed by atoms with Gasteiger partial charge in [0, 0.05) is 4.75 Å². The summed E-state index contributed by atoms with van der Waals surface area (Å²) in [4.78, 5) is 0. The van der Waals surface area contributed by atoms with Crippen LogP contribution in [0.15, 0.2) is 11.5 Å². The molecule has 0 aliphatic heterocycles. The Morgan fingerprint density at radius 3 is 2.29 bits per heavy atom. The van der Waals surface area contributed by atoms with Crippen molar-refractivity contribution in [3.8, 4) is 0 Å². The fourth-order valence-electron chi connectivity index (χ4n) is 1.23. The van der Waals surface area contributed by atoms with Crippen LogP contribution in [-0.4, -0.2) is 4.75 Å². The van der Waals surface area contributed by atoms with Crippen molar-refractivity contribution in [1.82, 2.24) is 0 Å². The Kier molecular flexibility index (Phi) is 7.44. The summed E-state index contributed by atoms with van der Waals surface area (Å²) in [5.74, 6) is 0.792. The van der Waals surface area contributed by atoms with Crippen LogP contribution in [0.4, 0.5) is 0 Å². The van der Waals surface area contributed by atoms with Crippen molar-refractivity contribution < 1.29 is 0 Å². The first-order chi connectivity index (χ1) is 6.55. The predicted molar refractivity (Wildman–Crippen MR) is 69.8 cm³/mol. The molecule has 0 aliphatic carbocycles. The van der Waals surface area contributed by atoms with Crippen LogP contribution in [0, 0.1) is 5.92 Å². The SMILES string of the molecule is CCCC(/C=C\SC(C)(C)CC)CC. The third-order valence-electron chi connectivity index (χ3n) is 2.77. The van der Waals surface area contributed by atoms with Crippen LogP contribution >= 0.6 is 11.8 Å². The maximum Gasteiger partial charge on any atom is 0.0142 e. The van der Waals surface area contributed by atoms with Crippen LogP contribution in [0.1, 0.15) is 60.3 Å². The lowest BCUT2D eigenvalue weighted by Crippen LogP contribution is -2.10. The van der Waals surface area contributed by atoms with E-state index in [1.807, 2.05) is 11.8 Å². The average molecular weight is 214 g/mol. The summed E-state index contributed by atoms with van der Waals surface area (Å²) in [6, 6.07) is 0. The summed E-state index contributed by atoms with van der Waals surface area (Å²) >= 11 is 1.97. The smallest absolute Gasteiger partial charge is 0.0142 e. The van der Waals surface area contributed by atoms with Crippen molar-refractivity contribution >= 4 is 11.8 Å². The summed E-state index contributed by atoms with van der Waals surface area (Å²) in [6.45, 7) is 11.4. The van der Waals surface area contributed by atoms with Crippen molar-refractivity contribution in [2.24, 2.45) is 5.92 Å².